The minimum atomic E-state index is 0.799. The predicted octanol–water partition coefficient (Wildman–Crippen LogP) is 1.70. The largest absolute Gasteiger partial charge is 0.376 e. The van der Waals surface area contributed by atoms with Crippen molar-refractivity contribution in [1.82, 2.24) is 9.97 Å². The van der Waals surface area contributed by atoms with Gasteiger partial charge >= 0.3 is 0 Å². The summed E-state index contributed by atoms with van der Waals surface area (Å²) in [6.45, 7) is 0. The fourth-order valence-electron chi connectivity index (χ4n) is 1.20. The Bertz CT molecular complexity index is 423. The second-order valence-electron chi connectivity index (χ2n) is 3.14. The van der Waals surface area contributed by atoms with Crippen molar-refractivity contribution >= 4 is 16.7 Å². The number of anilines is 1. The van der Waals surface area contributed by atoms with Gasteiger partial charge < -0.3 is 4.90 Å². The Balaban J connectivity index is 2.62. The van der Waals surface area contributed by atoms with E-state index in [2.05, 4.69) is 16.0 Å². The highest BCUT2D eigenvalue weighted by Gasteiger charge is 1.98. The molecular formula is C10H11N3. The molecule has 0 amide bonds. The maximum atomic E-state index is 4.25. The van der Waals surface area contributed by atoms with E-state index in [-0.39, 0.29) is 0 Å². The van der Waals surface area contributed by atoms with Crippen molar-refractivity contribution in [2.24, 2.45) is 0 Å². The van der Waals surface area contributed by atoms with E-state index in [0.717, 1.165) is 16.7 Å². The van der Waals surface area contributed by atoms with Crippen LogP contribution < -0.4 is 4.90 Å². The van der Waals surface area contributed by atoms with Crippen molar-refractivity contribution in [2.75, 3.05) is 19.0 Å². The number of rotatable bonds is 1. The summed E-state index contributed by atoms with van der Waals surface area (Å²) in [7, 11) is 4.00. The van der Waals surface area contributed by atoms with E-state index in [4.69, 9.17) is 0 Å². The number of fused-ring (bicyclic) bond motifs is 1. The Labute approximate surface area is 77.0 Å². The average Bonchev–Trinajstić information content (AvgIpc) is 2.17. The summed E-state index contributed by atoms with van der Waals surface area (Å²) in [6, 6.07) is 6.02. The lowest BCUT2D eigenvalue weighted by Crippen LogP contribution is -2.08. The second kappa shape index (κ2) is 3.01. The van der Waals surface area contributed by atoms with Gasteiger partial charge in [-0.1, -0.05) is 0 Å². The predicted molar refractivity (Wildman–Crippen MR) is 53.9 cm³/mol. The number of aromatic nitrogens is 2. The second-order valence-corrected chi connectivity index (χ2v) is 3.14. The summed E-state index contributed by atoms with van der Waals surface area (Å²) < 4.78 is 0. The molecule has 0 aliphatic carbocycles. The third-order valence-corrected chi connectivity index (χ3v) is 1.96. The molecule has 3 heteroatoms. The quantitative estimate of drug-likeness (QED) is 0.657. The average molecular weight is 173 g/mol. The van der Waals surface area contributed by atoms with E-state index in [1.165, 1.54) is 0 Å². The molecule has 0 N–H and O–H groups in total. The van der Waals surface area contributed by atoms with Gasteiger partial charge in [-0.25, -0.2) is 9.97 Å². The van der Waals surface area contributed by atoms with Crippen molar-refractivity contribution in [1.29, 1.82) is 0 Å². The lowest BCUT2D eigenvalue weighted by Gasteiger charge is -2.11. The Morgan fingerprint density at radius 2 is 2.08 bits per heavy atom. The number of hydrogen-bond donors (Lipinski definition) is 0. The van der Waals surface area contributed by atoms with Crippen LogP contribution in [0.1, 0.15) is 0 Å². The molecule has 2 heterocycles. The normalized spacial score (nSPS) is 10.3. The number of hydrogen-bond acceptors (Lipinski definition) is 3. The maximum absolute atomic E-state index is 4.25. The van der Waals surface area contributed by atoms with Crippen LogP contribution in [0.2, 0.25) is 0 Å². The highest BCUT2D eigenvalue weighted by molar-refractivity contribution is 5.77. The van der Waals surface area contributed by atoms with Crippen LogP contribution in [0.5, 0.6) is 0 Å². The van der Waals surface area contributed by atoms with Gasteiger partial charge in [0.15, 0.2) is 5.65 Å². The molecule has 0 aliphatic rings. The molecule has 66 valence electrons. The summed E-state index contributed by atoms with van der Waals surface area (Å²) in [5.41, 5.74) is 1.90. The summed E-state index contributed by atoms with van der Waals surface area (Å²) >= 11 is 0. The highest BCUT2D eigenvalue weighted by atomic mass is 15.1. The molecule has 0 bridgehead atoms. The molecule has 0 atom stereocenters. The van der Waals surface area contributed by atoms with Crippen LogP contribution in [0.25, 0.3) is 11.0 Å². The van der Waals surface area contributed by atoms with Gasteiger partial charge in [-0.15, -0.1) is 0 Å². The third-order valence-electron chi connectivity index (χ3n) is 1.96. The Kier molecular flexibility index (Phi) is 1.85. The van der Waals surface area contributed by atoms with Crippen LogP contribution in [0, 0.1) is 0 Å². The fraction of sp³-hybridized carbons (Fsp3) is 0.200. The molecule has 0 unspecified atom stereocenters. The molecule has 0 saturated carbocycles. The number of nitrogens with zero attached hydrogens (tertiary/aromatic N) is 3. The topological polar surface area (TPSA) is 29.0 Å². The summed E-state index contributed by atoms with van der Waals surface area (Å²) in [5, 5.41) is 1.08. The third kappa shape index (κ3) is 1.45. The fourth-order valence-corrected chi connectivity index (χ4v) is 1.20. The molecule has 2 aromatic heterocycles. The van der Waals surface area contributed by atoms with Crippen LogP contribution in [0.15, 0.2) is 30.6 Å². The summed E-state index contributed by atoms with van der Waals surface area (Å²) in [6.07, 6.45) is 3.58. The van der Waals surface area contributed by atoms with Crippen LogP contribution in [-0.4, -0.2) is 24.1 Å². The summed E-state index contributed by atoms with van der Waals surface area (Å²) in [5.74, 6) is 0. The van der Waals surface area contributed by atoms with Crippen molar-refractivity contribution in [3.63, 3.8) is 0 Å². The molecular weight excluding hydrogens is 162 g/mol. The molecule has 0 aliphatic heterocycles. The molecule has 0 fully saturated rings. The Morgan fingerprint density at radius 3 is 2.85 bits per heavy atom. The molecule has 3 nitrogen and oxygen atoms in total. The molecule has 0 saturated heterocycles. The highest BCUT2D eigenvalue weighted by Crippen LogP contribution is 2.15. The maximum Gasteiger partial charge on any atom is 0.159 e. The molecule has 0 spiro atoms. The molecule has 0 aromatic carbocycles. The summed E-state index contributed by atoms with van der Waals surface area (Å²) in [4.78, 5) is 10.4. The zero-order valence-corrected chi connectivity index (χ0v) is 7.73. The van der Waals surface area contributed by atoms with Gasteiger partial charge in [0.05, 0.1) is 11.9 Å². The van der Waals surface area contributed by atoms with E-state index in [0.29, 0.717) is 0 Å². The van der Waals surface area contributed by atoms with Gasteiger partial charge in [0.1, 0.15) is 0 Å². The van der Waals surface area contributed by atoms with Gasteiger partial charge in [-0.3, -0.25) is 0 Å². The lowest BCUT2D eigenvalue weighted by molar-refractivity contribution is 1.12. The van der Waals surface area contributed by atoms with Crippen molar-refractivity contribution in [3.05, 3.63) is 30.6 Å². The smallest absolute Gasteiger partial charge is 0.159 e. The number of pyridine rings is 2. The van der Waals surface area contributed by atoms with Gasteiger partial charge in [-0.05, 0) is 18.2 Å². The van der Waals surface area contributed by atoms with Crippen LogP contribution >= 0.6 is 0 Å². The van der Waals surface area contributed by atoms with Crippen LogP contribution in [-0.2, 0) is 0 Å². The Hall–Kier alpha value is -1.64. The van der Waals surface area contributed by atoms with Gasteiger partial charge in [0, 0.05) is 25.7 Å². The van der Waals surface area contributed by atoms with Gasteiger partial charge in [0.25, 0.3) is 0 Å². The van der Waals surface area contributed by atoms with Crippen molar-refractivity contribution < 1.29 is 0 Å². The van der Waals surface area contributed by atoms with Crippen LogP contribution in [0.3, 0.4) is 0 Å². The SMILES string of the molecule is CN(C)c1cnc2ncccc2c1. The first kappa shape index (κ1) is 7.98. The minimum Gasteiger partial charge on any atom is -0.376 e. The lowest BCUT2D eigenvalue weighted by atomic mass is 10.2. The van der Waals surface area contributed by atoms with Gasteiger partial charge in [0.2, 0.25) is 0 Å². The van der Waals surface area contributed by atoms with E-state index < -0.39 is 0 Å². The first-order chi connectivity index (χ1) is 6.27. The van der Waals surface area contributed by atoms with E-state index in [1.807, 2.05) is 37.3 Å². The standard InChI is InChI=1S/C10H11N3/c1-13(2)9-6-8-4-3-5-11-10(8)12-7-9/h3-7H,1-2H3. The molecule has 13 heavy (non-hydrogen) atoms. The van der Waals surface area contributed by atoms with Crippen molar-refractivity contribution in [2.45, 2.75) is 0 Å². The minimum absolute atomic E-state index is 0.799. The zero-order chi connectivity index (χ0) is 9.26. The first-order valence-electron chi connectivity index (χ1n) is 4.15. The van der Waals surface area contributed by atoms with Crippen LogP contribution in [0.4, 0.5) is 5.69 Å². The molecule has 0 radical (unpaired) electrons. The monoisotopic (exact) mass is 173 g/mol. The van der Waals surface area contributed by atoms with E-state index >= 15 is 0 Å². The van der Waals surface area contributed by atoms with Crippen molar-refractivity contribution in [3.8, 4) is 0 Å². The molecule has 2 aromatic rings. The first-order valence-corrected chi connectivity index (χ1v) is 4.15. The molecule has 2 rings (SSSR count). The van der Waals surface area contributed by atoms with E-state index in [1.54, 1.807) is 6.20 Å². The van der Waals surface area contributed by atoms with Gasteiger partial charge in [-0.2, -0.15) is 0 Å². The van der Waals surface area contributed by atoms with E-state index in [9.17, 15) is 0 Å². The Morgan fingerprint density at radius 1 is 1.23 bits per heavy atom. The zero-order valence-electron chi connectivity index (χ0n) is 7.73.